The molecule has 2 N–H and O–H groups in total. The third kappa shape index (κ3) is 8.16. The summed E-state index contributed by atoms with van der Waals surface area (Å²) >= 11 is 0. The molecule has 0 heterocycles. The summed E-state index contributed by atoms with van der Waals surface area (Å²) in [6.45, 7) is 6.98. The highest BCUT2D eigenvalue weighted by Gasteiger charge is 2.20. The first-order valence-electron chi connectivity index (χ1n) is 6.80. The van der Waals surface area contributed by atoms with Crippen molar-refractivity contribution in [2.75, 3.05) is 26.3 Å². The smallest absolute Gasteiger partial charge is 0.233 e. The summed E-state index contributed by atoms with van der Waals surface area (Å²) in [5.74, 6) is 0.900. The maximum atomic E-state index is 11.4. The molecule has 1 unspecified atom stereocenters. The summed E-state index contributed by atoms with van der Waals surface area (Å²) in [7, 11) is 0. The molecule has 0 aromatic carbocycles. The summed E-state index contributed by atoms with van der Waals surface area (Å²) in [6, 6.07) is 0.405. The number of carbonyl (C=O) groups is 1. The normalized spacial score (nSPS) is 16.8. The second kappa shape index (κ2) is 8.48. The minimum absolute atomic E-state index is 0.0764. The van der Waals surface area contributed by atoms with Crippen LogP contribution in [0.4, 0.5) is 0 Å². The Labute approximate surface area is 104 Å². The third-order valence-electron chi connectivity index (χ3n) is 3.06. The number of carbonyl (C=O) groups excluding carboxylic acids is 1. The monoisotopic (exact) mass is 242 g/mol. The maximum Gasteiger partial charge on any atom is 0.233 e. The van der Waals surface area contributed by atoms with E-state index < -0.39 is 0 Å². The largest absolute Gasteiger partial charge is 0.381 e. The van der Waals surface area contributed by atoms with Crippen LogP contribution in [0, 0.1) is 5.92 Å². The molecule has 0 bridgehead atoms. The summed E-state index contributed by atoms with van der Waals surface area (Å²) in [6.07, 6.45) is 4.61. The van der Waals surface area contributed by atoms with Crippen molar-refractivity contribution in [3.63, 3.8) is 0 Å². The van der Waals surface area contributed by atoms with E-state index in [1.165, 1.54) is 12.8 Å². The molecule has 4 nitrogen and oxygen atoms in total. The molecule has 1 amide bonds. The number of hydrogen-bond donors (Lipinski definition) is 2. The van der Waals surface area contributed by atoms with E-state index in [1.54, 1.807) is 0 Å². The van der Waals surface area contributed by atoms with Gasteiger partial charge in [0.2, 0.25) is 5.91 Å². The van der Waals surface area contributed by atoms with Crippen LogP contribution in [-0.4, -0.2) is 38.3 Å². The molecule has 0 aromatic heterocycles. The average Bonchev–Trinajstić information content (AvgIpc) is 3.14. The van der Waals surface area contributed by atoms with Gasteiger partial charge in [-0.15, -0.1) is 0 Å². The van der Waals surface area contributed by atoms with Gasteiger partial charge in [0.05, 0.1) is 6.54 Å². The van der Waals surface area contributed by atoms with Gasteiger partial charge in [-0.2, -0.15) is 0 Å². The van der Waals surface area contributed by atoms with Gasteiger partial charge in [-0.05, 0) is 38.5 Å². The van der Waals surface area contributed by atoms with E-state index >= 15 is 0 Å². The molecular weight excluding hydrogens is 216 g/mol. The van der Waals surface area contributed by atoms with E-state index in [4.69, 9.17) is 4.74 Å². The van der Waals surface area contributed by atoms with Gasteiger partial charge in [0.1, 0.15) is 0 Å². The van der Waals surface area contributed by atoms with Crippen LogP contribution in [0.1, 0.15) is 39.5 Å². The zero-order chi connectivity index (χ0) is 12.5. The van der Waals surface area contributed by atoms with E-state index in [0.29, 0.717) is 19.1 Å². The molecule has 0 saturated heterocycles. The Bertz CT molecular complexity index is 217. The van der Waals surface area contributed by atoms with Crippen LogP contribution in [0.25, 0.3) is 0 Å². The lowest BCUT2D eigenvalue weighted by Crippen LogP contribution is -2.38. The summed E-state index contributed by atoms with van der Waals surface area (Å²) in [5, 5.41) is 6.05. The predicted octanol–water partition coefficient (Wildman–Crippen LogP) is 1.31. The zero-order valence-corrected chi connectivity index (χ0v) is 11.1. The SMILES string of the molecule is CCC(C)NCC(=O)NCCCOCC1CC1. The number of hydrogen-bond acceptors (Lipinski definition) is 3. The predicted molar refractivity (Wildman–Crippen MR) is 68.9 cm³/mol. The quantitative estimate of drug-likeness (QED) is 0.568. The highest BCUT2D eigenvalue weighted by molar-refractivity contribution is 5.77. The topological polar surface area (TPSA) is 50.4 Å². The number of rotatable bonds is 10. The van der Waals surface area contributed by atoms with Crippen molar-refractivity contribution in [1.82, 2.24) is 10.6 Å². The molecular formula is C13H26N2O2. The fourth-order valence-corrected chi connectivity index (χ4v) is 1.41. The van der Waals surface area contributed by atoms with Crippen LogP contribution in [0.3, 0.4) is 0 Å². The lowest BCUT2D eigenvalue weighted by atomic mass is 10.2. The standard InChI is InChI=1S/C13H26N2O2/c1-3-11(2)15-9-13(16)14-7-4-8-17-10-12-5-6-12/h11-12,15H,3-10H2,1-2H3,(H,14,16). The van der Waals surface area contributed by atoms with Gasteiger partial charge in [-0.3, -0.25) is 4.79 Å². The minimum Gasteiger partial charge on any atom is -0.381 e. The van der Waals surface area contributed by atoms with Crippen LogP contribution < -0.4 is 10.6 Å². The van der Waals surface area contributed by atoms with Crippen LogP contribution in [-0.2, 0) is 9.53 Å². The van der Waals surface area contributed by atoms with Crippen LogP contribution >= 0.6 is 0 Å². The van der Waals surface area contributed by atoms with Crippen LogP contribution in [0.15, 0.2) is 0 Å². The lowest BCUT2D eigenvalue weighted by molar-refractivity contribution is -0.120. The van der Waals surface area contributed by atoms with E-state index in [2.05, 4.69) is 24.5 Å². The fraction of sp³-hybridized carbons (Fsp3) is 0.923. The van der Waals surface area contributed by atoms with Crippen molar-refractivity contribution < 1.29 is 9.53 Å². The van der Waals surface area contributed by atoms with Crippen molar-refractivity contribution >= 4 is 5.91 Å². The Morgan fingerprint density at radius 3 is 2.88 bits per heavy atom. The molecule has 0 radical (unpaired) electrons. The molecule has 0 aliphatic heterocycles. The molecule has 100 valence electrons. The zero-order valence-electron chi connectivity index (χ0n) is 11.1. The van der Waals surface area contributed by atoms with E-state index in [9.17, 15) is 4.79 Å². The summed E-state index contributed by atoms with van der Waals surface area (Å²) in [4.78, 5) is 11.4. The molecule has 1 saturated carbocycles. The Hall–Kier alpha value is -0.610. The van der Waals surface area contributed by atoms with Crippen molar-refractivity contribution in [2.24, 2.45) is 5.92 Å². The van der Waals surface area contributed by atoms with Crippen molar-refractivity contribution in [3.8, 4) is 0 Å². The number of amides is 1. The first kappa shape index (κ1) is 14.5. The van der Waals surface area contributed by atoms with E-state index in [-0.39, 0.29) is 5.91 Å². The average molecular weight is 242 g/mol. The van der Waals surface area contributed by atoms with Crippen molar-refractivity contribution in [2.45, 2.75) is 45.6 Å². The highest BCUT2D eigenvalue weighted by Crippen LogP contribution is 2.28. The van der Waals surface area contributed by atoms with E-state index in [0.717, 1.165) is 32.0 Å². The lowest BCUT2D eigenvalue weighted by Gasteiger charge is -2.11. The minimum atomic E-state index is 0.0764. The first-order chi connectivity index (χ1) is 8.22. The van der Waals surface area contributed by atoms with E-state index in [1.807, 2.05) is 0 Å². The molecule has 17 heavy (non-hydrogen) atoms. The molecule has 1 aliphatic rings. The third-order valence-corrected chi connectivity index (χ3v) is 3.06. The fourth-order valence-electron chi connectivity index (χ4n) is 1.41. The highest BCUT2D eigenvalue weighted by atomic mass is 16.5. The summed E-state index contributed by atoms with van der Waals surface area (Å²) < 4.78 is 5.49. The second-order valence-corrected chi connectivity index (χ2v) is 4.91. The molecule has 1 atom stereocenters. The van der Waals surface area contributed by atoms with Gasteiger partial charge < -0.3 is 15.4 Å². The first-order valence-corrected chi connectivity index (χ1v) is 6.80. The molecule has 1 rings (SSSR count). The number of ether oxygens (including phenoxy) is 1. The molecule has 0 spiro atoms. The molecule has 1 aliphatic carbocycles. The Kier molecular flexibility index (Phi) is 7.21. The van der Waals surface area contributed by atoms with Gasteiger partial charge in [-0.25, -0.2) is 0 Å². The van der Waals surface area contributed by atoms with Gasteiger partial charge in [-0.1, -0.05) is 6.92 Å². The second-order valence-electron chi connectivity index (χ2n) is 4.91. The van der Waals surface area contributed by atoms with Gasteiger partial charge in [0.15, 0.2) is 0 Å². The van der Waals surface area contributed by atoms with Crippen LogP contribution in [0.5, 0.6) is 0 Å². The molecule has 4 heteroatoms. The summed E-state index contributed by atoms with van der Waals surface area (Å²) in [5.41, 5.74) is 0. The number of nitrogens with one attached hydrogen (secondary N) is 2. The van der Waals surface area contributed by atoms with Gasteiger partial charge >= 0.3 is 0 Å². The van der Waals surface area contributed by atoms with Crippen molar-refractivity contribution in [3.05, 3.63) is 0 Å². The van der Waals surface area contributed by atoms with Crippen molar-refractivity contribution in [1.29, 1.82) is 0 Å². The Balaban J connectivity index is 1.82. The maximum absolute atomic E-state index is 11.4. The Morgan fingerprint density at radius 2 is 2.24 bits per heavy atom. The van der Waals surface area contributed by atoms with Gasteiger partial charge in [0.25, 0.3) is 0 Å². The molecule has 1 fully saturated rings. The van der Waals surface area contributed by atoms with Crippen LogP contribution in [0.2, 0.25) is 0 Å². The Morgan fingerprint density at radius 1 is 1.47 bits per heavy atom. The molecule has 0 aromatic rings. The van der Waals surface area contributed by atoms with Gasteiger partial charge in [0, 0.05) is 25.8 Å².